The third kappa shape index (κ3) is 2.85. The molecule has 0 fully saturated rings. The van der Waals surface area contributed by atoms with Crippen LogP contribution in [-0.2, 0) is 4.79 Å². The summed E-state index contributed by atoms with van der Waals surface area (Å²) in [5.41, 5.74) is 3.18. The summed E-state index contributed by atoms with van der Waals surface area (Å²) >= 11 is 0. The van der Waals surface area contributed by atoms with Crippen LogP contribution in [0.15, 0.2) is 18.2 Å². The van der Waals surface area contributed by atoms with E-state index in [4.69, 9.17) is 5.26 Å². The summed E-state index contributed by atoms with van der Waals surface area (Å²) in [5.74, 6) is -0.695. The molecule has 1 rings (SSSR count). The molecule has 1 aromatic carbocycles. The molecule has 0 saturated heterocycles. The van der Waals surface area contributed by atoms with Gasteiger partial charge in [0.1, 0.15) is 5.92 Å². The van der Waals surface area contributed by atoms with Crippen molar-refractivity contribution in [3.8, 4) is 6.07 Å². The fourth-order valence-corrected chi connectivity index (χ4v) is 1.62. The van der Waals surface area contributed by atoms with Gasteiger partial charge in [-0.25, -0.2) is 0 Å². The van der Waals surface area contributed by atoms with Crippen molar-refractivity contribution in [2.75, 3.05) is 11.9 Å². The molecule has 0 spiro atoms. The average molecular weight is 230 g/mol. The molecular weight excluding hydrogens is 212 g/mol. The molecule has 1 atom stereocenters. The Morgan fingerprint density at radius 2 is 2.06 bits per heavy atom. The largest absolute Gasteiger partial charge is 0.314 e. The number of rotatable bonds is 3. The normalized spacial score (nSPS) is 11.7. The van der Waals surface area contributed by atoms with Crippen LogP contribution in [0.25, 0.3) is 0 Å². The van der Waals surface area contributed by atoms with Crippen molar-refractivity contribution in [3.05, 3.63) is 29.3 Å². The Morgan fingerprint density at radius 3 is 2.53 bits per heavy atom. The molecule has 1 amide bonds. The fraction of sp³-hybridized carbons (Fsp3) is 0.429. The number of hydrogen-bond acceptors (Lipinski definition) is 2. The Balaban J connectivity index is 2.97. The molecule has 0 aliphatic carbocycles. The van der Waals surface area contributed by atoms with Crippen LogP contribution >= 0.6 is 0 Å². The van der Waals surface area contributed by atoms with E-state index in [1.54, 1.807) is 11.9 Å². The number of carbonyl (C=O) groups excluding carboxylic acids is 1. The molecule has 3 heteroatoms. The van der Waals surface area contributed by atoms with Crippen LogP contribution in [-0.4, -0.2) is 13.0 Å². The van der Waals surface area contributed by atoms with Gasteiger partial charge in [0.25, 0.3) is 0 Å². The summed E-state index contributed by atoms with van der Waals surface area (Å²) in [5, 5.41) is 8.89. The topological polar surface area (TPSA) is 44.1 Å². The summed E-state index contributed by atoms with van der Waals surface area (Å²) in [6.45, 7) is 5.89. The van der Waals surface area contributed by atoms with E-state index in [0.717, 1.165) is 11.3 Å². The van der Waals surface area contributed by atoms with Gasteiger partial charge in [0.15, 0.2) is 0 Å². The third-order valence-electron chi connectivity index (χ3n) is 3.07. The van der Waals surface area contributed by atoms with Gasteiger partial charge in [-0.15, -0.1) is 0 Å². The lowest BCUT2D eigenvalue weighted by Gasteiger charge is -2.20. The number of hydrogen-bond donors (Lipinski definition) is 0. The van der Waals surface area contributed by atoms with Gasteiger partial charge in [-0.2, -0.15) is 5.26 Å². The van der Waals surface area contributed by atoms with Gasteiger partial charge in [-0.3, -0.25) is 4.79 Å². The zero-order valence-corrected chi connectivity index (χ0v) is 10.8. The van der Waals surface area contributed by atoms with Gasteiger partial charge < -0.3 is 4.90 Å². The molecule has 0 radical (unpaired) electrons. The number of nitrogens with zero attached hydrogens (tertiary/aromatic N) is 2. The van der Waals surface area contributed by atoms with Crippen molar-refractivity contribution in [1.29, 1.82) is 5.26 Å². The number of aryl methyl sites for hydroxylation is 2. The summed E-state index contributed by atoms with van der Waals surface area (Å²) < 4.78 is 0. The first-order chi connectivity index (χ1) is 8.01. The predicted molar refractivity (Wildman–Crippen MR) is 68.7 cm³/mol. The molecule has 0 bridgehead atoms. The molecule has 17 heavy (non-hydrogen) atoms. The van der Waals surface area contributed by atoms with Crippen molar-refractivity contribution in [2.24, 2.45) is 5.92 Å². The van der Waals surface area contributed by atoms with Crippen LogP contribution in [0.5, 0.6) is 0 Å². The Hall–Kier alpha value is -1.82. The van der Waals surface area contributed by atoms with Crippen molar-refractivity contribution < 1.29 is 4.79 Å². The molecule has 3 nitrogen and oxygen atoms in total. The van der Waals surface area contributed by atoms with E-state index in [1.165, 1.54) is 5.56 Å². The molecule has 0 saturated carbocycles. The number of amides is 1. The highest BCUT2D eigenvalue weighted by molar-refractivity contribution is 5.96. The second kappa shape index (κ2) is 5.49. The highest BCUT2D eigenvalue weighted by Gasteiger charge is 2.20. The van der Waals surface area contributed by atoms with E-state index < -0.39 is 5.92 Å². The Kier molecular flexibility index (Phi) is 4.28. The maximum Gasteiger partial charge on any atom is 0.244 e. The highest BCUT2D eigenvalue weighted by atomic mass is 16.2. The Labute approximate surface area is 103 Å². The van der Waals surface area contributed by atoms with Crippen molar-refractivity contribution in [1.82, 2.24) is 0 Å². The minimum absolute atomic E-state index is 0.141. The van der Waals surface area contributed by atoms with Crippen LogP contribution in [0.1, 0.15) is 24.5 Å². The summed E-state index contributed by atoms with van der Waals surface area (Å²) in [6, 6.07) is 7.90. The zero-order chi connectivity index (χ0) is 13.0. The van der Waals surface area contributed by atoms with Crippen molar-refractivity contribution >= 4 is 11.6 Å². The standard InChI is InChI=1S/C14H18N2O/c1-5-12(9-15)14(17)16(4)13-7-6-10(2)11(3)8-13/h6-8,12H,5H2,1-4H3. The smallest absolute Gasteiger partial charge is 0.244 e. The molecule has 0 aliphatic heterocycles. The number of anilines is 1. The SMILES string of the molecule is CCC(C#N)C(=O)N(C)c1ccc(C)c(C)c1. The lowest BCUT2D eigenvalue weighted by molar-refractivity contribution is -0.120. The summed E-state index contributed by atoms with van der Waals surface area (Å²) in [6.07, 6.45) is 0.546. The van der Waals surface area contributed by atoms with Crippen LogP contribution in [0.2, 0.25) is 0 Å². The number of benzene rings is 1. The lowest BCUT2D eigenvalue weighted by Crippen LogP contribution is -2.32. The summed E-state index contributed by atoms with van der Waals surface area (Å²) in [7, 11) is 1.71. The number of nitriles is 1. The monoisotopic (exact) mass is 230 g/mol. The van der Waals surface area contributed by atoms with E-state index in [0.29, 0.717) is 6.42 Å². The average Bonchev–Trinajstić information content (AvgIpc) is 2.33. The van der Waals surface area contributed by atoms with Crippen LogP contribution in [0.3, 0.4) is 0 Å². The molecule has 0 aliphatic rings. The molecule has 1 aromatic rings. The zero-order valence-electron chi connectivity index (χ0n) is 10.8. The second-order valence-corrected chi connectivity index (χ2v) is 4.26. The van der Waals surface area contributed by atoms with Gasteiger partial charge in [0.2, 0.25) is 5.91 Å². The minimum atomic E-state index is -0.554. The third-order valence-corrected chi connectivity index (χ3v) is 3.07. The first kappa shape index (κ1) is 13.2. The number of carbonyl (C=O) groups is 1. The first-order valence-corrected chi connectivity index (χ1v) is 5.75. The molecule has 0 N–H and O–H groups in total. The predicted octanol–water partition coefficient (Wildman–Crippen LogP) is 2.82. The molecule has 1 unspecified atom stereocenters. The van der Waals surface area contributed by atoms with Crippen molar-refractivity contribution in [3.63, 3.8) is 0 Å². The van der Waals surface area contributed by atoms with Gasteiger partial charge >= 0.3 is 0 Å². The van der Waals surface area contributed by atoms with E-state index in [9.17, 15) is 4.79 Å². The quantitative estimate of drug-likeness (QED) is 0.801. The van der Waals surface area contributed by atoms with Gasteiger partial charge in [-0.05, 0) is 43.5 Å². The fourth-order valence-electron chi connectivity index (χ4n) is 1.62. The molecule has 0 heterocycles. The summed E-state index contributed by atoms with van der Waals surface area (Å²) in [4.78, 5) is 13.6. The van der Waals surface area contributed by atoms with Gasteiger partial charge in [-0.1, -0.05) is 13.0 Å². The molecular formula is C14H18N2O. The van der Waals surface area contributed by atoms with Crippen molar-refractivity contribution in [2.45, 2.75) is 27.2 Å². The van der Waals surface area contributed by atoms with E-state index >= 15 is 0 Å². The van der Waals surface area contributed by atoms with Crippen LogP contribution in [0, 0.1) is 31.1 Å². The minimum Gasteiger partial charge on any atom is -0.314 e. The van der Waals surface area contributed by atoms with Gasteiger partial charge in [0, 0.05) is 12.7 Å². The van der Waals surface area contributed by atoms with Crippen LogP contribution in [0.4, 0.5) is 5.69 Å². The molecule has 90 valence electrons. The van der Waals surface area contributed by atoms with Gasteiger partial charge in [0.05, 0.1) is 6.07 Å². The first-order valence-electron chi connectivity index (χ1n) is 5.75. The lowest BCUT2D eigenvalue weighted by atomic mass is 10.1. The van der Waals surface area contributed by atoms with Crippen LogP contribution < -0.4 is 4.90 Å². The maximum atomic E-state index is 12.0. The Morgan fingerprint density at radius 1 is 1.41 bits per heavy atom. The maximum absolute atomic E-state index is 12.0. The van der Waals surface area contributed by atoms with E-state index in [2.05, 4.69) is 0 Å². The Bertz CT molecular complexity index is 460. The highest BCUT2D eigenvalue weighted by Crippen LogP contribution is 2.19. The second-order valence-electron chi connectivity index (χ2n) is 4.26. The van der Waals surface area contributed by atoms with E-state index in [-0.39, 0.29) is 5.91 Å². The molecule has 0 aromatic heterocycles. The van der Waals surface area contributed by atoms with E-state index in [1.807, 2.05) is 45.0 Å².